The van der Waals surface area contributed by atoms with Gasteiger partial charge in [0, 0.05) is 40.0 Å². The molecule has 1 aromatic heterocycles. The van der Waals surface area contributed by atoms with E-state index in [4.69, 9.17) is 21.6 Å². The summed E-state index contributed by atoms with van der Waals surface area (Å²) in [6, 6.07) is 29.0. The maximum atomic E-state index is 12.9. The molecule has 0 spiro atoms. The van der Waals surface area contributed by atoms with E-state index >= 15 is 0 Å². The number of nitrogens with one attached hydrogen (secondary N) is 1. The summed E-state index contributed by atoms with van der Waals surface area (Å²) in [6.45, 7) is 3.98. The molecule has 178 valence electrons. The van der Waals surface area contributed by atoms with Gasteiger partial charge in [-0.15, -0.1) is 0 Å². The third-order valence-electron chi connectivity index (χ3n) is 6.23. The Kier molecular flexibility index (Phi) is 6.40. The van der Waals surface area contributed by atoms with Gasteiger partial charge < -0.3 is 10.2 Å². The molecule has 0 saturated heterocycles. The quantitative estimate of drug-likeness (QED) is 0.274. The lowest BCUT2D eigenvalue weighted by Gasteiger charge is -2.19. The Balaban J connectivity index is 1.46. The van der Waals surface area contributed by atoms with Crippen LogP contribution in [0.5, 0.6) is 0 Å². The van der Waals surface area contributed by atoms with Gasteiger partial charge in [0.25, 0.3) is 5.91 Å². The first-order chi connectivity index (χ1) is 17.4. The van der Waals surface area contributed by atoms with Crippen LogP contribution in [0.2, 0.25) is 5.02 Å². The number of benzene rings is 4. The summed E-state index contributed by atoms with van der Waals surface area (Å²) < 4.78 is 0. The molecule has 0 radical (unpaired) electrons. The van der Waals surface area contributed by atoms with Crippen molar-refractivity contribution in [1.29, 1.82) is 0 Å². The molecule has 1 heterocycles. The van der Waals surface area contributed by atoms with Crippen LogP contribution in [-0.4, -0.2) is 22.9 Å². The molecular formula is C30H25ClN4O. The number of carbonyl (C=O) groups is 1. The van der Waals surface area contributed by atoms with Gasteiger partial charge >= 0.3 is 0 Å². The van der Waals surface area contributed by atoms with E-state index in [1.54, 1.807) is 0 Å². The lowest BCUT2D eigenvalue weighted by molar-refractivity contribution is 0.102. The van der Waals surface area contributed by atoms with Gasteiger partial charge in [0.2, 0.25) is 5.95 Å². The lowest BCUT2D eigenvalue weighted by Crippen LogP contribution is -2.16. The minimum absolute atomic E-state index is 0.146. The molecule has 0 atom stereocenters. The van der Waals surface area contributed by atoms with E-state index in [1.807, 2.05) is 117 Å². The van der Waals surface area contributed by atoms with Crippen molar-refractivity contribution in [2.45, 2.75) is 13.8 Å². The number of rotatable bonds is 5. The van der Waals surface area contributed by atoms with E-state index in [0.29, 0.717) is 16.5 Å². The highest BCUT2D eigenvalue weighted by Gasteiger charge is 2.15. The molecule has 0 fully saturated rings. The molecule has 5 aromatic rings. The zero-order valence-electron chi connectivity index (χ0n) is 20.3. The largest absolute Gasteiger partial charge is 0.322 e. The fourth-order valence-corrected chi connectivity index (χ4v) is 4.38. The summed E-state index contributed by atoms with van der Waals surface area (Å²) in [5.74, 6) is 0.406. The van der Waals surface area contributed by atoms with E-state index in [1.165, 1.54) is 0 Å². The number of halogens is 1. The van der Waals surface area contributed by atoms with Crippen molar-refractivity contribution in [3.63, 3.8) is 0 Å². The third kappa shape index (κ3) is 4.66. The molecule has 4 aromatic carbocycles. The van der Waals surface area contributed by atoms with Crippen molar-refractivity contribution >= 4 is 45.7 Å². The fraction of sp³-hybridized carbons (Fsp3) is 0.100. The number of hydrogen-bond donors (Lipinski definition) is 1. The zero-order valence-corrected chi connectivity index (χ0v) is 21.0. The summed E-state index contributed by atoms with van der Waals surface area (Å²) in [7, 11) is 1.91. The molecule has 0 bridgehead atoms. The monoisotopic (exact) mass is 492 g/mol. The first-order valence-electron chi connectivity index (χ1n) is 11.6. The number of amides is 1. The van der Waals surface area contributed by atoms with Crippen LogP contribution in [0.3, 0.4) is 0 Å². The molecule has 5 nitrogen and oxygen atoms in total. The average molecular weight is 493 g/mol. The second-order valence-electron chi connectivity index (χ2n) is 8.73. The Hall–Kier alpha value is -4.22. The Bertz CT molecular complexity index is 1550. The van der Waals surface area contributed by atoms with Gasteiger partial charge in [-0.05, 0) is 67.4 Å². The SMILES string of the molecule is Cc1cccc(C)c1NC(=O)c1ccc(N(C)c2nc(-c3ccccc3)c3cc(Cl)ccc3n2)cc1. The Labute approximate surface area is 215 Å². The second-order valence-corrected chi connectivity index (χ2v) is 9.16. The highest BCUT2D eigenvalue weighted by Crippen LogP contribution is 2.32. The number of aromatic nitrogens is 2. The molecule has 0 aliphatic heterocycles. The molecule has 0 aliphatic rings. The standard InChI is InChI=1S/C30H25ClN4O/c1-19-8-7-9-20(2)27(19)33-29(36)22-12-15-24(16-13-22)35(3)30-32-26-17-14-23(31)18-25(26)28(34-30)21-10-5-4-6-11-21/h4-18H,1-3H3,(H,33,36). The maximum Gasteiger partial charge on any atom is 0.255 e. The van der Waals surface area contributed by atoms with Crippen molar-refractivity contribution in [3.05, 3.63) is 113 Å². The van der Waals surface area contributed by atoms with E-state index < -0.39 is 0 Å². The van der Waals surface area contributed by atoms with Gasteiger partial charge in [-0.25, -0.2) is 9.97 Å². The topological polar surface area (TPSA) is 58.1 Å². The van der Waals surface area contributed by atoms with Gasteiger partial charge in [-0.2, -0.15) is 0 Å². The zero-order chi connectivity index (χ0) is 25.2. The van der Waals surface area contributed by atoms with E-state index in [0.717, 1.165) is 44.7 Å². The minimum atomic E-state index is -0.146. The number of aryl methyl sites for hydroxylation is 2. The summed E-state index contributed by atoms with van der Waals surface area (Å²) in [6.07, 6.45) is 0. The predicted octanol–water partition coefficient (Wildman–Crippen LogP) is 7.59. The van der Waals surface area contributed by atoms with Gasteiger partial charge in [-0.3, -0.25) is 4.79 Å². The molecule has 0 saturated carbocycles. The van der Waals surface area contributed by atoms with Crippen molar-refractivity contribution < 1.29 is 4.79 Å². The first kappa shape index (κ1) is 23.5. The van der Waals surface area contributed by atoms with Crippen LogP contribution in [-0.2, 0) is 0 Å². The molecule has 1 N–H and O–H groups in total. The van der Waals surface area contributed by atoms with Crippen LogP contribution in [0, 0.1) is 13.8 Å². The Morgan fingerprint density at radius 2 is 1.53 bits per heavy atom. The molecule has 6 heteroatoms. The molecule has 0 aliphatic carbocycles. The number of nitrogens with zero attached hydrogens (tertiary/aromatic N) is 3. The average Bonchev–Trinajstić information content (AvgIpc) is 2.90. The van der Waals surface area contributed by atoms with Crippen LogP contribution >= 0.6 is 11.6 Å². The lowest BCUT2D eigenvalue weighted by atomic mass is 10.1. The first-order valence-corrected chi connectivity index (χ1v) is 12.0. The summed E-state index contributed by atoms with van der Waals surface area (Å²) in [5.41, 5.74) is 6.96. The number of anilines is 3. The summed E-state index contributed by atoms with van der Waals surface area (Å²) in [5, 5.41) is 4.57. The minimum Gasteiger partial charge on any atom is -0.322 e. The maximum absolute atomic E-state index is 12.9. The third-order valence-corrected chi connectivity index (χ3v) is 6.46. The molecule has 5 rings (SSSR count). The van der Waals surface area contributed by atoms with Crippen LogP contribution < -0.4 is 10.2 Å². The van der Waals surface area contributed by atoms with Crippen LogP contribution in [0.15, 0.2) is 91.0 Å². The normalized spacial score (nSPS) is 10.9. The van der Waals surface area contributed by atoms with Crippen molar-refractivity contribution in [3.8, 4) is 11.3 Å². The number of carbonyl (C=O) groups excluding carboxylic acids is 1. The van der Waals surface area contributed by atoms with E-state index in [2.05, 4.69) is 5.32 Å². The molecule has 36 heavy (non-hydrogen) atoms. The van der Waals surface area contributed by atoms with Gasteiger partial charge in [0.1, 0.15) is 0 Å². The smallest absolute Gasteiger partial charge is 0.255 e. The highest BCUT2D eigenvalue weighted by atomic mass is 35.5. The van der Waals surface area contributed by atoms with Gasteiger partial charge in [0.05, 0.1) is 11.2 Å². The summed E-state index contributed by atoms with van der Waals surface area (Å²) in [4.78, 5) is 24.5. The van der Waals surface area contributed by atoms with Crippen LogP contribution in [0.1, 0.15) is 21.5 Å². The van der Waals surface area contributed by atoms with Crippen molar-refractivity contribution in [1.82, 2.24) is 9.97 Å². The number of para-hydroxylation sites is 1. The van der Waals surface area contributed by atoms with E-state index in [9.17, 15) is 4.79 Å². The summed E-state index contributed by atoms with van der Waals surface area (Å²) >= 11 is 6.29. The second kappa shape index (κ2) is 9.80. The van der Waals surface area contributed by atoms with Gasteiger partial charge in [-0.1, -0.05) is 60.1 Å². The van der Waals surface area contributed by atoms with Gasteiger partial charge in [0.15, 0.2) is 0 Å². The Morgan fingerprint density at radius 3 is 2.22 bits per heavy atom. The number of hydrogen-bond acceptors (Lipinski definition) is 4. The highest BCUT2D eigenvalue weighted by molar-refractivity contribution is 6.31. The van der Waals surface area contributed by atoms with Crippen LogP contribution in [0.25, 0.3) is 22.2 Å². The van der Waals surface area contributed by atoms with Crippen molar-refractivity contribution in [2.24, 2.45) is 0 Å². The fourth-order valence-electron chi connectivity index (χ4n) is 4.20. The predicted molar refractivity (Wildman–Crippen MR) is 148 cm³/mol. The van der Waals surface area contributed by atoms with E-state index in [-0.39, 0.29) is 5.91 Å². The molecular weight excluding hydrogens is 468 g/mol. The molecule has 1 amide bonds. The van der Waals surface area contributed by atoms with Crippen molar-refractivity contribution in [2.75, 3.05) is 17.3 Å². The number of fused-ring (bicyclic) bond motifs is 1. The molecule has 0 unspecified atom stereocenters. The van der Waals surface area contributed by atoms with Crippen LogP contribution in [0.4, 0.5) is 17.3 Å². The Morgan fingerprint density at radius 1 is 0.833 bits per heavy atom.